The largest absolute Gasteiger partial charge is 0.365 e. The first-order valence-corrected chi connectivity index (χ1v) is 9.97. The van der Waals surface area contributed by atoms with Crippen LogP contribution in [0, 0.1) is 23.5 Å². The molecule has 1 aliphatic carbocycles. The number of hydrogen-bond acceptors (Lipinski definition) is 4. The molecule has 3 aromatic rings. The van der Waals surface area contributed by atoms with E-state index in [1.807, 2.05) is 18.2 Å². The Kier molecular flexibility index (Phi) is 4.68. The van der Waals surface area contributed by atoms with Crippen molar-refractivity contribution >= 4 is 17.4 Å². The first-order valence-electron chi connectivity index (χ1n) is 9.59. The van der Waals surface area contributed by atoms with Crippen LogP contribution >= 0.6 is 11.6 Å². The van der Waals surface area contributed by atoms with Gasteiger partial charge in [0, 0.05) is 31.2 Å². The highest BCUT2D eigenvalue weighted by Gasteiger charge is 2.55. The fourth-order valence-corrected chi connectivity index (χ4v) is 4.44. The van der Waals surface area contributed by atoms with Crippen LogP contribution in [0.1, 0.15) is 5.56 Å². The molecular weight excluding hydrogens is 394 g/mol. The van der Waals surface area contributed by atoms with Crippen molar-refractivity contribution in [3.05, 3.63) is 76.8 Å². The Hall–Kier alpha value is -2.57. The molecular formula is C22H19ClF2N4. The van der Waals surface area contributed by atoms with Gasteiger partial charge < -0.3 is 5.32 Å². The maximum atomic E-state index is 13.5. The zero-order valence-electron chi connectivity index (χ0n) is 15.5. The van der Waals surface area contributed by atoms with Crippen LogP contribution in [-0.2, 0) is 6.54 Å². The molecule has 1 N–H and O–H groups in total. The molecule has 2 aliphatic rings. The number of benzene rings is 2. The third-order valence-electron chi connectivity index (χ3n) is 5.77. The van der Waals surface area contributed by atoms with Crippen molar-refractivity contribution in [2.45, 2.75) is 12.6 Å². The van der Waals surface area contributed by atoms with Crippen LogP contribution in [0.4, 0.5) is 14.6 Å². The molecule has 4 nitrogen and oxygen atoms in total. The van der Waals surface area contributed by atoms with E-state index in [2.05, 4.69) is 20.4 Å². The highest BCUT2D eigenvalue weighted by Crippen LogP contribution is 2.47. The summed E-state index contributed by atoms with van der Waals surface area (Å²) in [5.41, 5.74) is 2.21. The van der Waals surface area contributed by atoms with Crippen LogP contribution in [0.2, 0.25) is 5.02 Å². The van der Waals surface area contributed by atoms with Gasteiger partial charge in [-0.25, -0.2) is 8.78 Å². The van der Waals surface area contributed by atoms with Crippen LogP contribution in [0.3, 0.4) is 0 Å². The molecule has 29 heavy (non-hydrogen) atoms. The molecule has 2 aromatic carbocycles. The predicted octanol–water partition coefficient (Wildman–Crippen LogP) is 4.62. The summed E-state index contributed by atoms with van der Waals surface area (Å²) in [4.78, 5) is 2.40. The highest BCUT2D eigenvalue weighted by molar-refractivity contribution is 6.33. The summed E-state index contributed by atoms with van der Waals surface area (Å²) < 4.78 is 26.5. The minimum atomic E-state index is -0.357. The van der Waals surface area contributed by atoms with E-state index in [0.29, 0.717) is 40.0 Å². The third kappa shape index (κ3) is 3.82. The van der Waals surface area contributed by atoms with Crippen molar-refractivity contribution in [2.75, 3.05) is 18.4 Å². The lowest BCUT2D eigenvalue weighted by Crippen LogP contribution is -2.27. The number of fused-ring (bicyclic) bond motifs is 1. The van der Waals surface area contributed by atoms with Crippen molar-refractivity contribution in [3.8, 4) is 11.3 Å². The molecule has 0 spiro atoms. The Balaban J connectivity index is 1.17. The van der Waals surface area contributed by atoms with E-state index in [1.165, 1.54) is 30.3 Å². The molecule has 0 amide bonds. The minimum Gasteiger partial charge on any atom is -0.365 e. The van der Waals surface area contributed by atoms with Crippen LogP contribution in [-0.4, -0.2) is 34.2 Å². The van der Waals surface area contributed by atoms with Gasteiger partial charge in [-0.1, -0.05) is 23.7 Å². The van der Waals surface area contributed by atoms with Gasteiger partial charge in [-0.15, -0.1) is 10.2 Å². The van der Waals surface area contributed by atoms with E-state index >= 15 is 0 Å². The molecule has 2 atom stereocenters. The zero-order chi connectivity index (χ0) is 20.0. The standard InChI is InChI=1S/C22H19ClF2N4/c23-19-6-5-15(25)9-16(19)20-7-8-21(28-27-20)26-22-17-11-29(12-18(17)22)10-13-1-3-14(24)4-2-13/h1-9,17-18,22H,10-12H2,(H,26,28)/t17-,18-/m1/s1. The zero-order valence-corrected chi connectivity index (χ0v) is 16.3. The number of aromatic nitrogens is 2. The second-order valence-corrected chi connectivity index (χ2v) is 8.15. The molecule has 1 saturated carbocycles. The SMILES string of the molecule is Fc1ccc(CN2C[C@H]3C(Nc4ccc(-c5cc(F)ccc5Cl)nn4)[C@@H]3C2)cc1. The monoisotopic (exact) mass is 412 g/mol. The van der Waals surface area contributed by atoms with Crippen molar-refractivity contribution in [3.63, 3.8) is 0 Å². The molecule has 5 rings (SSSR count). The van der Waals surface area contributed by atoms with Crippen molar-refractivity contribution in [2.24, 2.45) is 11.8 Å². The molecule has 0 bridgehead atoms. The predicted molar refractivity (Wildman–Crippen MR) is 109 cm³/mol. The van der Waals surface area contributed by atoms with Gasteiger partial charge in [-0.2, -0.15) is 0 Å². The maximum Gasteiger partial charge on any atom is 0.148 e. The lowest BCUT2D eigenvalue weighted by atomic mass is 10.1. The summed E-state index contributed by atoms with van der Waals surface area (Å²) in [5, 5.41) is 12.3. The highest BCUT2D eigenvalue weighted by atomic mass is 35.5. The molecule has 1 aromatic heterocycles. The summed E-state index contributed by atoms with van der Waals surface area (Å²) in [6.45, 7) is 2.89. The molecule has 148 valence electrons. The molecule has 0 unspecified atom stereocenters. The molecule has 1 saturated heterocycles. The van der Waals surface area contributed by atoms with E-state index in [1.54, 1.807) is 6.07 Å². The smallest absolute Gasteiger partial charge is 0.148 e. The Morgan fingerprint density at radius 1 is 0.931 bits per heavy atom. The fraction of sp³-hybridized carbons (Fsp3) is 0.273. The second kappa shape index (κ2) is 7.35. The van der Waals surface area contributed by atoms with Gasteiger partial charge in [0.2, 0.25) is 0 Å². The van der Waals surface area contributed by atoms with Gasteiger partial charge >= 0.3 is 0 Å². The number of hydrogen-bond donors (Lipinski definition) is 1. The molecule has 1 aliphatic heterocycles. The summed E-state index contributed by atoms with van der Waals surface area (Å²) in [6, 6.07) is 15.0. The second-order valence-electron chi connectivity index (χ2n) is 7.75. The van der Waals surface area contributed by atoms with Gasteiger partial charge in [-0.05, 0) is 59.9 Å². The molecule has 2 heterocycles. The van der Waals surface area contributed by atoms with Crippen molar-refractivity contribution in [1.29, 1.82) is 0 Å². The lowest BCUT2D eigenvalue weighted by Gasteiger charge is -2.20. The number of piperidine rings is 1. The number of nitrogens with one attached hydrogen (secondary N) is 1. The van der Waals surface area contributed by atoms with Gasteiger partial charge in [0.05, 0.1) is 10.7 Å². The van der Waals surface area contributed by atoms with Gasteiger partial charge in [-0.3, -0.25) is 4.90 Å². The van der Waals surface area contributed by atoms with Crippen LogP contribution in [0.15, 0.2) is 54.6 Å². The van der Waals surface area contributed by atoms with Crippen LogP contribution < -0.4 is 5.32 Å². The van der Waals surface area contributed by atoms with Gasteiger partial charge in [0.1, 0.15) is 17.5 Å². The van der Waals surface area contributed by atoms with Crippen LogP contribution in [0.5, 0.6) is 0 Å². The first-order chi connectivity index (χ1) is 14.1. The average molecular weight is 413 g/mol. The number of rotatable bonds is 5. The number of likely N-dealkylation sites (tertiary alicyclic amines) is 1. The number of anilines is 1. The summed E-state index contributed by atoms with van der Waals surface area (Å²) in [5.74, 6) is 1.34. The van der Waals surface area contributed by atoms with Gasteiger partial charge in [0.15, 0.2) is 0 Å². The molecule has 7 heteroatoms. The van der Waals surface area contributed by atoms with E-state index in [9.17, 15) is 8.78 Å². The van der Waals surface area contributed by atoms with Crippen molar-refractivity contribution < 1.29 is 8.78 Å². The maximum absolute atomic E-state index is 13.5. The van der Waals surface area contributed by atoms with E-state index in [-0.39, 0.29) is 11.6 Å². The van der Waals surface area contributed by atoms with E-state index in [4.69, 9.17) is 11.6 Å². The quantitative estimate of drug-likeness (QED) is 0.664. The van der Waals surface area contributed by atoms with E-state index in [0.717, 1.165) is 25.2 Å². The van der Waals surface area contributed by atoms with Crippen molar-refractivity contribution in [1.82, 2.24) is 15.1 Å². The normalized spacial score (nSPS) is 23.1. The summed E-state index contributed by atoms with van der Waals surface area (Å²) in [6.07, 6.45) is 0. The Morgan fingerprint density at radius 3 is 2.34 bits per heavy atom. The van der Waals surface area contributed by atoms with Crippen LogP contribution in [0.25, 0.3) is 11.3 Å². The topological polar surface area (TPSA) is 41.0 Å². The molecule has 2 fully saturated rings. The fourth-order valence-electron chi connectivity index (χ4n) is 4.22. The molecule has 0 radical (unpaired) electrons. The van der Waals surface area contributed by atoms with E-state index < -0.39 is 0 Å². The lowest BCUT2D eigenvalue weighted by molar-refractivity contribution is 0.292. The third-order valence-corrected chi connectivity index (χ3v) is 6.10. The summed E-state index contributed by atoms with van der Waals surface area (Å²) in [7, 11) is 0. The minimum absolute atomic E-state index is 0.200. The summed E-state index contributed by atoms with van der Waals surface area (Å²) >= 11 is 6.14. The Bertz CT molecular complexity index is 1010. The Morgan fingerprint density at radius 2 is 1.66 bits per heavy atom. The number of nitrogens with zero attached hydrogens (tertiary/aromatic N) is 3. The number of halogens is 3. The Labute approximate surface area is 172 Å². The van der Waals surface area contributed by atoms with Gasteiger partial charge in [0.25, 0.3) is 0 Å². The average Bonchev–Trinajstić information content (AvgIpc) is 3.16. The first kappa shape index (κ1) is 18.5.